The number of aryl methyl sites for hydroxylation is 1. The van der Waals surface area contributed by atoms with Crippen molar-refractivity contribution in [3.05, 3.63) is 84.1 Å². The van der Waals surface area contributed by atoms with Crippen molar-refractivity contribution in [2.45, 2.75) is 12.5 Å². The molecule has 2 N–H and O–H groups in total. The molecule has 8 nitrogen and oxygen atoms in total. The first kappa shape index (κ1) is 26.1. The highest BCUT2D eigenvalue weighted by atomic mass is 16.5. The molecule has 2 aromatic heterocycles. The van der Waals surface area contributed by atoms with Crippen molar-refractivity contribution in [1.29, 1.82) is 0 Å². The molecule has 0 saturated carbocycles. The summed E-state index contributed by atoms with van der Waals surface area (Å²) in [5.74, 6) is 1.16. The first-order chi connectivity index (χ1) is 19.0. The van der Waals surface area contributed by atoms with E-state index in [2.05, 4.69) is 22.0 Å². The lowest BCUT2D eigenvalue weighted by atomic mass is 10.0. The van der Waals surface area contributed by atoms with Crippen molar-refractivity contribution >= 4 is 27.7 Å². The Kier molecular flexibility index (Phi) is 7.38. The summed E-state index contributed by atoms with van der Waals surface area (Å²) >= 11 is 0. The number of aromatic nitrogens is 2. The zero-order valence-electron chi connectivity index (χ0n) is 22.4. The Morgan fingerprint density at radius 3 is 2.28 bits per heavy atom. The summed E-state index contributed by atoms with van der Waals surface area (Å²) in [6.45, 7) is -0.197. The van der Waals surface area contributed by atoms with E-state index in [1.54, 1.807) is 39.5 Å². The average molecular weight is 526 g/mol. The number of carbonyl (C=O) groups is 1. The second-order valence-corrected chi connectivity index (χ2v) is 9.33. The molecule has 8 heteroatoms. The fourth-order valence-corrected chi connectivity index (χ4v) is 5.02. The highest BCUT2D eigenvalue weighted by Gasteiger charge is 2.21. The fraction of sp³-hybridized carbons (Fsp3) is 0.226. The van der Waals surface area contributed by atoms with Gasteiger partial charge in [-0.05, 0) is 42.3 Å². The molecule has 1 atom stereocenters. The van der Waals surface area contributed by atoms with E-state index in [1.807, 2.05) is 49.6 Å². The number of nitrogens with one attached hydrogen (secondary N) is 1. The van der Waals surface area contributed by atoms with Crippen molar-refractivity contribution in [3.8, 4) is 28.5 Å². The van der Waals surface area contributed by atoms with E-state index in [0.29, 0.717) is 51.4 Å². The molecule has 39 heavy (non-hydrogen) atoms. The van der Waals surface area contributed by atoms with Gasteiger partial charge in [-0.1, -0.05) is 36.4 Å². The molecule has 3 aromatic carbocycles. The van der Waals surface area contributed by atoms with Gasteiger partial charge in [-0.3, -0.25) is 4.79 Å². The number of aliphatic hydroxyl groups is 1. The first-order valence-electron chi connectivity index (χ1n) is 12.6. The van der Waals surface area contributed by atoms with Crippen molar-refractivity contribution in [2.24, 2.45) is 7.05 Å². The van der Waals surface area contributed by atoms with E-state index >= 15 is 0 Å². The lowest BCUT2D eigenvalue weighted by Crippen LogP contribution is -2.39. The molecule has 2 heterocycles. The number of carbonyl (C=O) groups excluding carboxylic acids is 1. The van der Waals surface area contributed by atoms with Gasteiger partial charge < -0.3 is 29.2 Å². The van der Waals surface area contributed by atoms with Crippen molar-refractivity contribution in [2.75, 3.05) is 27.9 Å². The third kappa shape index (κ3) is 4.98. The summed E-state index contributed by atoms with van der Waals surface area (Å²) in [6.07, 6.45) is 2.54. The minimum Gasteiger partial charge on any atom is -0.493 e. The van der Waals surface area contributed by atoms with E-state index in [4.69, 9.17) is 19.2 Å². The Labute approximate surface area is 226 Å². The van der Waals surface area contributed by atoms with Crippen molar-refractivity contribution < 1.29 is 24.1 Å². The van der Waals surface area contributed by atoms with Gasteiger partial charge in [-0.2, -0.15) is 0 Å². The smallest absolute Gasteiger partial charge is 0.252 e. The van der Waals surface area contributed by atoms with E-state index in [0.717, 1.165) is 16.5 Å². The number of rotatable bonds is 9. The third-order valence-electron chi connectivity index (χ3n) is 6.92. The van der Waals surface area contributed by atoms with Gasteiger partial charge in [0, 0.05) is 35.1 Å². The van der Waals surface area contributed by atoms with Crippen molar-refractivity contribution in [3.63, 3.8) is 0 Å². The molecule has 0 saturated heterocycles. The minimum atomic E-state index is -0.472. The number of pyridine rings is 1. The number of methoxy groups -OCH3 is 3. The highest BCUT2D eigenvalue weighted by Crippen LogP contribution is 2.41. The molecule has 0 aliphatic rings. The summed E-state index contributed by atoms with van der Waals surface area (Å²) in [7, 11) is 6.65. The van der Waals surface area contributed by atoms with E-state index in [1.165, 1.54) is 0 Å². The maximum absolute atomic E-state index is 13.7. The van der Waals surface area contributed by atoms with Gasteiger partial charge in [-0.25, -0.2) is 4.98 Å². The quantitative estimate of drug-likeness (QED) is 0.288. The Morgan fingerprint density at radius 1 is 0.949 bits per heavy atom. The number of aliphatic hydroxyl groups excluding tert-OH is 1. The van der Waals surface area contributed by atoms with Gasteiger partial charge in [-0.15, -0.1) is 0 Å². The van der Waals surface area contributed by atoms with Crippen LogP contribution < -0.4 is 19.5 Å². The van der Waals surface area contributed by atoms with E-state index in [-0.39, 0.29) is 12.5 Å². The predicted molar refractivity (Wildman–Crippen MR) is 152 cm³/mol. The van der Waals surface area contributed by atoms with Crippen LogP contribution in [-0.2, 0) is 13.5 Å². The van der Waals surface area contributed by atoms with Gasteiger partial charge in [0.05, 0.1) is 50.8 Å². The SMILES string of the molecule is COc1cc(-c2cc(C(=O)NC(CO)Cc3cn(C)c4ccccc34)c3ccccc3n2)cc(OC)c1OC. The van der Waals surface area contributed by atoms with Gasteiger partial charge in [0.15, 0.2) is 11.5 Å². The number of hydrogen-bond donors (Lipinski definition) is 2. The third-order valence-corrected chi connectivity index (χ3v) is 6.92. The zero-order chi connectivity index (χ0) is 27.5. The van der Waals surface area contributed by atoms with Crippen LogP contribution in [0.25, 0.3) is 33.1 Å². The van der Waals surface area contributed by atoms with Crippen LogP contribution in [0.2, 0.25) is 0 Å². The molecular formula is C31H31N3O5. The summed E-state index contributed by atoms with van der Waals surface area (Å²) < 4.78 is 18.6. The van der Waals surface area contributed by atoms with Crippen LogP contribution in [-0.4, -0.2) is 54.5 Å². The Bertz CT molecular complexity index is 1630. The Hall–Kier alpha value is -4.56. The number of hydrogen-bond acceptors (Lipinski definition) is 6. The molecule has 5 aromatic rings. The summed E-state index contributed by atoms with van der Waals surface area (Å²) in [6, 6.07) is 20.5. The minimum absolute atomic E-state index is 0.197. The number of nitrogens with zero attached hydrogens (tertiary/aromatic N) is 2. The second-order valence-electron chi connectivity index (χ2n) is 9.33. The molecule has 0 bridgehead atoms. The van der Waals surface area contributed by atoms with Gasteiger partial charge in [0.1, 0.15) is 0 Å². The highest BCUT2D eigenvalue weighted by molar-refractivity contribution is 6.07. The van der Waals surface area contributed by atoms with E-state index < -0.39 is 6.04 Å². The number of para-hydroxylation sites is 2. The molecule has 0 aliphatic heterocycles. The van der Waals surface area contributed by atoms with Crippen LogP contribution in [0.1, 0.15) is 15.9 Å². The average Bonchev–Trinajstić information content (AvgIpc) is 3.29. The Balaban J connectivity index is 1.52. The standard InChI is InChI=1S/C31H31N3O5/c1-34-17-20(22-9-6-8-12-27(22)34)13-21(18-35)32-31(36)24-16-26(33-25-11-7-5-10-23(24)25)19-14-28(37-2)30(39-4)29(15-19)38-3/h5-12,14-17,21,35H,13,18H2,1-4H3,(H,32,36). The molecule has 0 aliphatic carbocycles. The van der Waals surface area contributed by atoms with Crippen LogP contribution in [0.3, 0.4) is 0 Å². The van der Waals surface area contributed by atoms with Crippen molar-refractivity contribution in [1.82, 2.24) is 14.9 Å². The second kappa shape index (κ2) is 11.0. The van der Waals surface area contributed by atoms with Crippen LogP contribution >= 0.6 is 0 Å². The number of amides is 1. The lowest BCUT2D eigenvalue weighted by molar-refractivity contribution is 0.0918. The van der Waals surface area contributed by atoms with Crippen LogP contribution in [0.5, 0.6) is 17.2 Å². The van der Waals surface area contributed by atoms with Gasteiger partial charge in [0.2, 0.25) is 5.75 Å². The normalized spacial score (nSPS) is 11.9. The molecule has 0 radical (unpaired) electrons. The van der Waals surface area contributed by atoms with E-state index in [9.17, 15) is 9.90 Å². The summed E-state index contributed by atoms with van der Waals surface area (Å²) in [5, 5.41) is 15.1. The molecular weight excluding hydrogens is 494 g/mol. The molecule has 200 valence electrons. The molecule has 1 amide bonds. The summed E-state index contributed by atoms with van der Waals surface area (Å²) in [4.78, 5) is 18.5. The fourth-order valence-electron chi connectivity index (χ4n) is 5.02. The Morgan fingerprint density at radius 2 is 1.62 bits per heavy atom. The van der Waals surface area contributed by atoms with Gasteiger partial charge >= 0.3 is 0 Å². The first-order valence-corrected chi connectivity index (χ1v) is 12.6. The predicted octanol–water partition coefficient (Wildman–Crippen LogP) is 4.75. The number of benzene rings is 3. The molecule has 0 spiro atoms. The monoisotopic (exact) mass is 525 g/mol. The number of ether oxygens (including phenoxy) is 3. The molecule has 0 fully saturated rings. The van der Waals surface area contributed by atoms with Crippen LogP contribution in [0, 0.1) is 0 Å². The number of fused-ring (bicyclic) bond motifs is 2. The largest absolute Gasteiger partial charge is 0.493 e. The molecule has 1 unspecified atom stereocenters. The maximum Gasteiger partial charge on any atom is 0.252 e. The zero-order valence-corrected chi connectivity index (χ0v) is 22.4. The summed E-state index contributed by atoms with van der Waals surface area (Å²) in [5.41, 5.74) is 4.58. The maximum atomic E-state index is 13.7. The van der Waals surface area contributed by atoms with Crippen LogP contribution in [0.4, 0.5) is 0 Å². The topological polar surface area (TPSA) is 94.8 Å². The lowest BCUT2D eigenvalue weighted by Gasteiger charge is -2.18. The molecule has 5 rings (SSSR count). The van der Waals surface area contributed by atoms with Gasteiger partial charge in [0.25, 0.3) is 5.91 Å². The van der Waals surface area contributed by atoms with Crippen LogP contribution in [0.15, 0.2) is 72.9 Å².